The molecule has 0 aliphatic carbocycles. The van der Waals surface area contributed by atoms with Gasteiger partial charge in [0.2, 0.25) is 5.91 Å². The summed E-state index contributed by atoms with van der Waals surface area (Å²) in [4.78, 5) is 18.4. The summed E-state index contributed by atoms with van der Waals surface area (Å²) in [5.41, 5.74) is 1.16. The van der Waals surface area contributed by atoms with Crippen LogP contribution in [0.3, 0.4) is 0 Å². The topological polar surface area (TPSA) is 35.6 Å². The molecular formula is C18H29N3OS. The van der Waals surface area contributed by atoms with E-state index in [0.29, 0.717) is 0 Å². The van der Waals surface area contributed by atoms with E-state index in [2.05, 4.69) is 60.3 Å². The molecule has 128 valence electrons. The molecular weight excluding hydrogens is 306 g/mol. The summed E-state index contributed by atoms with van der Waals surface area (Å²) in [5, 5.41) is 3.15. The maximum Gasteiger partial charge on any atom is 0.237 e. The van der Waals surface area contributed by atoms with Crippen molar-refractivity contribution < 1.29 is 4.79 Å². The molecule has 2 atom stereocenters. The number of likely N-dealkylation sites (N-methyl/N-ethyl adjacent to an activating group) is 1. The van der Waals surface area contributed by atoms with Crippen molar-refractivity contribution in [3.05, 3.63) is 29.8 Å². The largest absolute Gasteiger partial charge is 0.348 e. The van der Waals surface area contributed by atoms with Crippen LogP contribution in [0.5, 0.6) is 0 Å². The van der Waals surface area contributed by atoms with E-state index in [9.17, 15) is 4.79 Å². The van der Waals surface area contributed by atoms with Crippen molar-refractivity contribution in [3.8, 4) is 0 Å². The monoisotopic (exact) mass is 335 g/mol. The predicted octanol–water partition coefficient (Wildman–Crippen LogP) is 2.61. The SMILES string of the molecule is CCSc1ccc([C@@H](C)NC(=O)[C@@H](C)N2CCN(C)CC2)cc1. The summed E-state index contributed by atoms with van der Waals surface area (Å²) in [5.74, 6) is 1.20. The highest BCUT2D eigenvalue weighted by Crippen LogP contribution is 2.21. The summed E-state index contributed by atoms with van der Waals surface area (Å²) in [7, 11) is 2.13. The minimum Gasteiger partial charge on any atom is -0.348 e. The molecule has 1 aromatic carbocycles. The Kier molecular flexibility index (Phi) is 6.93. The van der Waals surface area contributed by atoms with Crippen molar-refractivity contribution in [2.75, 3.05) is 39.0 Å². The Morgan fingerprint density at radius 1 is 1.17 bits per heavy atom. The zero-order chi connectivity index (χ0) is 16.8. The molecule has 1 aliphatic rings. The van der Waals surface area contributed by atoms with Crippen LogP contribution in [0.1, 0.15) is 32.4 Å². The first-order valence-electron chi connectivity index (χ1n) is 8.47. The van der Waals surface area contributed by atoms with Gasteiger partial charge in [0, 0.05) is 31.1 Å². The number of piperazine rings is 1. The summed E-state index contributed by atoms with van der Waals surface area (Å²) >= 11 is 1.84. The Labute approximate surface area is 144 Å². The Bertz CT molecular complexity index is 497. The number of nitrogens with zero attached hydrogens (tertiary/aromatic N) is 2. The van der Waals surface area contributed by atoms with Crippen molar-refractivity contribution in [1.82, 2.24) is 15.1 Å². The molecule has 0 radical (unpaired) electrons. The van der Waals surface area contributed by atoms with Crippen molar-refractivity contribution in [3.63, 3.8) is 0 Å². The quantitative estimate of drug-likeness (QED) is 0.811. The number of hydrogen-bond acceptors (Lipinski definition) is 4. The van der Waals surface area contributed by atoms with Gasteiger partial charge in [0.25, 0.3) is 0 Å². The maximum atomic E-state index is 12.5. The molecule has 1 aromatic rings. The normalized spacial score (nSPS) is 19.3. The van der Waals surface area contributed by atoms with Gasteiger partial charge in [-0.05, 0) is 44.3 Å². The molecule has 1 heterocycles. The highest BCUT2D eigenvalue weighted by Gasteiger charge is 2.25. The molecule has 0 unspecified atom stereocenters. The summed E-state index contributed by atoms with van der Waals surface area (Å²) in [6.07, 6.45) is 0. The Morgan fingerprint density at radius 3 is 2.35 bits per heavy atom. The molecule has 0 saturated carbocycles. The first-order chi connectivity index (χ1) is 11.0. The van der Waals surface area contributed by atoms with Gasteiger partial charge in [0.1, 0.15) is 0 Å². The average molecular weight is 336 g/mol. The summed E-state index contributed by atoms with van der Waals surface area (Å²) < 4.78 is 0. The van der Waals surface area contributed by atoms with E-state index in [-0.39, 0.29) is 18.0 Å². The van der Waals surface area contributed by atoms with E-state index in [4.69, 9.17) is 0 Å². The fourth-order valence-electron chi connectivity index (χ4n) is 2.81. The fraction of sp³-hybridized carbons (Fsp3) is 0.611. The van der Waals surface area contributed by atoms with E-state index in [0.717, 1.165) is 37.5 Å². The van der Waals surface area contributed by atoms with Crippen molar-refractivity contribution in [2.24, 2.45) is 0 Å². The van der Waals surface area contributed by atoms with Gasteiger partial charge in [-0.3, -0.25) is 9.69 Å². The van der Waals surface area contributed by atoms with E-state index in [1.807, 2.05) is 18.7 Å². The van der Waals surface area contributed by atoms with Crippen molar-refractivity contribution in [2.45, 2.75) is 37.8 Å². The van der Waals surface area contributed by atoms with Crippen molar-refractivity contribution in [1.29, 1.82) is 0 Å². The number of rotatable bonds is 6. The smallest absolute Gasteiger partial charge is 0.237 e. The summed E-state index contributed by atoms with van der Waals surface area (Å²) in [6.45, 7) is 10.2. The number of carbonyl (C=O) groups excluding carboxylic acids is 1. The molecule has 1 aliphatic heterocycles. The molecule has 23 heavy (non-hydrogen) atoms. The number of amides is 1. The molecule has 2 rings (SSSR count). The van der Waals surface area contributed by atoms with E-state index in [1.165, 1.54) is 4.90 Å². The molecule has 1 amide bonds. The lowest BCUT2D eigenvalue weighted by Crippen LogP contribution is -2.53. The zero-order valence-corrected chi connectivity index (χ0v) is 15.5. The van der Waals surface area contributed by atoms with Crippen LogP contribution in [0.4, 0.5) is 0 Å². The van der Waals surface area contributed by atoms with Gasteiger partial charge in [-0.2, -0.15) is 0 Å². The van der Waals surface area contributed by atoms with Crippen molar-refractivity contribution >= 4 is 17.7 Å². The third kappa shape index (κ3) is 5.23. The van der Waals surface area contributed by atoms with Crippen LogP contribution in [-0.4, -0.2) is 60.7 Å². The molecule has 1 fully saturated rings. The molecule has 1 saturated heterocycles. The van der Waals surface area contributed by atoms with Gasteiger partial charge in [-0.25, -0.2) is 0 Å². The highest BCUT2D eigenvalue weighted by atomic mass is 32.2. The summed E-state index contributed by atoms with van der Waals surface area (Å²) in [6, 6.07) is 8.47. The third-order valence-electron chi connectivity index (χ3n) is 4.51. The van der Waals surface area contributed by atoms with Gasteiger partial charge in [-0.15, -0.1) is 11.8 Å². The van der Waals surface area contributed by atoms with Crippen LogP contribution in [0.25, 0.3) is 0 Å². The fourth-order valence-corrected chi connectivity index (χ4v) is 3.47. The van der Waals surface area contributed by atoms with Crippen LogP contribution >= 0.6 is 11.8 Å². The Morgan fingerprint density at radius 2 is 1.78 bits per heavy atom. The number of benzene rings is 1. The molecule has 0 spiro atoms. The molecule has 5 heteroatoms. The predicted molar refractivity (Wildman–Crippen MR) is 97.9 cm³/mol. The minimum absolute atomic E-state index is 0.0399. The average Bonchev–Trinajstić information content (AvgIpc) is 2.55. The highest BCUT2D eigenvalue weighted by molar-refractivity contribution is 7.99. The van der Waals surface area contributed by atoms with Gasteiger partial charge in [0.05, 0.1) is 12.1 Å². The number of thioether (sulfide) groups is 1. The van der Waals surface area contributed by atoms with Crippen LogP contribution < -0.4 is 5.32 Å². The van der Waals surface area contributed by atoms with Gasteiger partial charge in [-0.1, -0.05) is 19.1 Å². The maximum absolute atomic E-state index is 12.5. The van der Waals surface area contributed by atoms with E-state index in [1.54, 1.807) is 0 Å². The zero-order valence-electron chi connectivity index (χ0n) is 14.7. The van der Waals surface area contributed by atoms with Gasteiger partial charge < -0.3 is 10.2 Å². The van der Waals surface area contributed by atoms with Crippen LogP contribution in [0, 0.1) is 0 Å². The molecule has 0 aromatic heterocycles. The molecule has 1 N–H and O–H groups in total. The van der Waals surface area contributed by atoms with Gasteiger partial charge >= 0.3 is 0 Å². The third-order valence-corrected chi connectivity index (χ3v) is 5.41. The first-order valence-corrected chi connectivity index (χ1v) is 9.45. The second-order valence-electron chi connectivity index (χ2n) is 6.25. The van der Waals surface area contributed by atoms with Crippen LogP contribution in [0.15, 0.2) is 29.2 Å². The lowest BCUT2D eigenvalue weighted by atomic mass is 10.1. The lowest BCUT2D eigenvalue weighted by molar-refractivity contribution is -0.127. The molecule has 4 nitrogen and oxygen atoms in total. The number of nitrogens with one attached hydrogen (secondary N) is 1. The standard InChI is InChI=1S/C18H29N3OS/c1-5-23-17-8-6-16(7-9-17)14(2)19-18(22)15(3)21-12-10-20(4)11-13-21/h6-9,14-15H,5,10-13H2,1-4H3,(H,19,22)/t14-,15-/m1/s1. The number of carbonyl (C=O) groups is 1. The van der Waals surface area contributed by atoms with E-state index < -0.39 is 0 Å². The second kappa shape index (κ2) is 8.71. The van der Waals surface area contributed by atoms with Gasteiger partial charge in [0.15, 0.2) is 0 Å². The molecule has 0 bridgehead atoms. The first kappa shape index (κ1) is 18.3. The second-order valence-corrected chi connectivity index (χ2v) is 7.58. The number of hydrogen-bond donors (Lipinski definition) is 1. The Hall–Kier alpha value is -1.04. The van der Waals surface area contributed by atoms with Crippen LogP contribution in [0.2, 0.25) is 0 Å². The Balaban J connectivity index is 1.88. The lowest BCUT2D eigenvalue weighted by Gasteiger charge is -2.36. The minimum atomic E-state index is -0.0685. The van der Waals surface area contributed by atoms with Crippen LogP contribution in [-0.2, 0) is 4.79 Å². The van der Waals surface area contributed by atoms with E-state index >= 15 is 0 Å².